The molecule has 0 saturated carbocycles. The molecule has 2 nitrogen and oxygen atoms in total. The molecule has 0 aliphatic rings. The largest absolute Gasteiger partial charge is 0.309 e. The first-order valence-corrected chi connectivity index (χ1v) is 6.45. The van der Waals surface area contributed by atoms with Gasteiger partial charge in [-0.3, -0.25) is 4.98 Å². The van der Waals surface area contributed by atoms with Crippen LogP contribution in [0.4, 0.5) is 0 Å². The van der Waals surface area contributed by atoms with Gasteiger partial charge in [-0.2, -0.15) is 0 Å². The van der Waals surface area contributed by atoms with Crippen molar-refractivity contribution in [2.45, 2.75) is 6.04 Å². The Kier molecular flexibility index (Phi) is 3.25. The SMILES string of the molecule is CNC(c1ccncc1)c1cccc2ccccc12. The van der Waals surface area contributed by atoms with E-state index in [-0.39, 0.29) is 6.04 Å². The van der Waals surface area contributed by atoms with Gasteiger partial charge in [-0.15, -0.1) is 0 Å². The Morgan fingerprint density at radius 1 is 0.895 bits per heavy atom. The first-order valence-electron chi connectivity index (χ1n) is 6.45. The van der Waals surface area contributed by atoms with Crippen LogP contribution in [0, 0.1) is 0 Å². The zero-order valence-electron chi connectivity index (χ0n) is 10.9. The zero-order valence-corrected chi connectivity index (χ0v) is 10.9. The van der Waals surface area contributed by atoms with Crippen molar-refractivity contribution < 1.29 is 0 Å². The highest BCUT2D eigenvalue weighted by atomic mass is 14.9. The van der Waals surface area contributed by atoms with Crippen molar-refractivity contribution in [3.8, 4) is 0 Å². The van der Waals surface area contributed by atoms with Crippen LogP contribution in [0.2, 0.25) is 0 Å². The normalized spacial score (nSPS) is 12.5. The molecule has 19 heavy (non-hydrogen) atoms. The molecular formula is C17H16N2. The maximum absolute atomic E-state index is 4.09. The fourth-order valence-electron chi connectivity index (χ4n) is 2.56. The Bertz CT molecular complexity index is 672. The van der Waals surface area contributed by atoms with Crippen LogP contribution in [-0.4, -0.2) is 12.0 Å². The third kappa shape index (κ3) is 2.23. The summed E-state index contributed by atoms with van der Waals surface area (Å²) in [6.07, 6.45) is 3.68. The van der Waals surface area contributed by atoms with E-state index >= 15 is 0 Å². The smallest absolute Gasteiger partial charge is 0.0581 e. The molecule has 2 heteroatoms. The molecule has 1 unspecified atom stereocenters. The number of rotatable bonds is 3. The molecular weight excluding hydrogens is 232 g/mol. The lowest BCUT2D eigenvalue weighted by atomic mass is 9.94. The van der Waals surface area contributed by atoms with Crippen LogP contribution in [0.3, 0.4) is 0 Å². The predicted octanol–water partition coefficient (Wildman–Crippen LogP) is 3.54. The number of hydrogen-bond donors (Lipinski definition) is 1. The van der Waals surface area contributed by atoms with Crippen molar-refractivity contribution in [2.24, 2.45) is 0 Å². The van der Waals surface area contributed by atoms with Crippen LogP contribution in [0.5, 0.6) is 0 Å². The lowest BCUT2D eigenvalue weighted by molar-refractivity contribution is 0.696. The van der Waals surface area contributed by atoms with Gasteiger partial charge < -0.3 is 5.32 Å². The molecule has 94 valence electrons. The number of hydrogen-bond acceptors (Lipinski definition) is 2. The van der Waals surface area contributed by atoms with E-state index in [1.54, 1.807) is 0 Å². The summed E-state index contributed by atoms with van der Waals surface area (Å²) in [5.41, 5.74) is 2.53. The van der Waals surface area contributed by atoms with Crippen molar-refractivity contribution in [3.63, 3.8) is 0 Å². The van der Waals surface area contributed by atoms with E-state index < -0.39 is 0 Å². The Labute approximate surface area is 113 Å². The quantitative estimate of drug-likeness (QED) is 0.766. The summed E-state index contributed by atoms with van der Waals surface area (Å²) in [6.45, 7) is 0. The van der Waals surface area contributed by atoms with Gasteiger partial charge in [0.1, 0.15) is 0 Å². The Balaban J connectivity index is 2.17. The summed E-state index contributed by atoms with van der Waals surface area (Å²) in [5.74, 6) is 0. The molecule has 0 amide bonds. The minimum absolute atomic E-state index is 0.189. The number of nitrogens with zero attached hydrogens (tertiary/aromatic N) is 1. The summed E-state index contributed by atoms with van der Waals surface area (Å²) >= 11 is 0. The highest BCUT2D eigenvalue weighted by molar-refractivity contribution is 5.86. The molecule has 1 aromatic heterocycles. The van der Waals surface area contributed by atoms with E-state index in [4.69, 9.17) is 0 Å². The Morgan fingerprint density at radius 3 is 2.42 bits per heavy atom. The van der Waals surface area contributed by atoms with Crippen molar-refractivity contribution in [1.82, 2.24) is 10.3 Å². The molecule has 1 atom stereocenters. The van der Waals surface area contributed by atoms with E-state index in [0.29, 0.717) is 0 Å². The molecule has 0 saturated heterocycles. The monoisotopic (exact) mass is 248 g/mol. The summed E-state index contributed by atoms with van der Waals surface area (Å²) < 4.78 is 0. The van der Waals surface area contributed by atoms with Gasteiger partial charge in [-0.25, -0.2) is 0 Å². The topological polar surface area (TPSA) is 24.9 Å². The van der Waals surface area contributed by atoms with Gasteiger partial charge in [-0.05, 0) is 41.1 Å². The molecule has 0 radical (unpaired) electrons. The highest BCUT2D eigenvalue weighted by Crippen LogP contribution is 2.28. The van der Waals surface area contributed by atoms with Crippen molar-refractivity contribution in [2.75, 3.05) is 7.05 Å². The van der Waals surface area contributed by atoms with Gasteiger partial charge in [0, 0.05) is 12.4 Å². The molecule has 0 aliphatic carbocycles. The second-order valence-electron chi connectivity index (χ2n) is 4.57. The fraction of sp³-hybridized carbons (Fsp3) is 0.118. The predicted molar refractivity (Wildman–Crippen MR) is 79.1 cm³/mol. The van der Waals surface area contributed by atoms with Gasteiger partial charge in [-0.1, -0.05) is 42.5 Å². The minimum Gasteiger partial charge on any atom is -0.309 e. The summed E-state index contributed by atoms with van der Waals surface area (Å²) in [4.78, 5) is 4.09. The van der Waals surface area contributed by atoms with Crippen molar-refractivity contribution in [3.05, 3.63) is 78.1 Å². The average Bonchev–Trinajstić information content (AvgIpc) is 2.49. The standard InChI is InChI=1S/C17H16N2/c1-18-17(14-9-11-19-12-10-14)16-8-4-6-13-5-2-3-7-15(13)16/h2-12,17-18H,1H3. The Morgan fingerprint density at radius 2 is 1.63 bits per heavy atom. The maximum Gasteiger partial charge on any atom is 0.0581 e. The van der Waals surface area contributed by atoms with Gasteiger partial charge in [0.2, 0.25) is 0 Å². The molecule has 3 rings (SSSR count). The number of fused-ring (bicyclic) bond motifs is 1. The maximum atomic E-state index is 4.09. The highest BCUT2D eigenvalue weighted by Gasteiger charge is 2.13. The van der Waals surface area contributed by atoms with E-state index in [0.717, 1.165) is 0 Å². The number of benzene rings is 2. The average molecular weight is 248 g/mol. The molecule has 2 aromatic carbocycles. The van der Waals surface area contributed by atoms with Crippen molar-refractivity contribution in [1.29, 1.82) is 0 Å². The summed E-state index contributed by atoms with van der Waals surface area (Å²) in [6, 6.07) is 19.2. The van der Waals surface area contributed by atoms with E-state index in [1.165, 1.54) is 21.9 Å². The zero-order chi connectivity index (χ0) is 13.1. The number of nitrogens with one attached hydrogen (secondary N) is 1. The lowest BCUT2D eigenvalue weighted by Crippen LogP contribution is -2.17. The van der Waals surface area contributed by atoms with Crippen LogP contribution in [-0.2, 0) is 0 Å². The van der Waals surface area contributed by atoms with Crippen molar-refractivity contribution >= 4 is 10.8 Å². The second kappa shape index (κ2) is 5.21. The van der Waals surface area contributed by atoms with E-state index in [9.17, 15) is 0 Å². The molecule has 0 spiro atoms. The van der Waals surface area contributed by atoms with Gasteiger partial charge in [0.05, 0.1) is 6.04 Å². The number of aromatic nitrogens is 1. The first kappa shape index (κ1) is 11.9. The molecule has 3 aromatic rings. The lowest BCUT2D eigenvalue weighted by Gasteiger charge is -2.19. The third-order valence-corrected chi connectivity index (χ3v) is 3.46. The molecule has 0 fully saturated rings. The van der Waals surface area contributed by atoms with Gasteiger partial charge >= 0.3 is 0 Å². The first-order chi connectivity index (χ1) is 9.40. The van der Waals surface area contributed by atoms with Crippen LogP contribution >= 0.6 is 0 Å². The molecule has 1 N–H and O–H groups in total. The van der Waals surface area contributed by atoms with Crippen LogP contribution < -0.4 is 5.32 Å². The van der Waals surface area contributed by atoms with Gasteiger partial charge in [0.15, 0.2) is 0 Å². The van der Waals surface area contributed by atoms with Crippen LogP contribution in [0.1, 0.15) is 17.2 Å². The third-order valence-electron chi connectivity index (χ3n) is 3.46. The fourth-order valence-corrected chi connectivity index (χ4v) is 2.56. The molecule has 0 aliphatic heterocycles. The van der Waals surface area contributed by atoms with Crippen LogP contribution in [0.25, 0.3) is 10.8 Å². The molecule has 0 bridgehead atoms. The minimum atomic E-state index is 0.189. The summed E-state index contributed by atoms with van der Waals surface area (Å²) in [5, 5.41) is 5.96. The number of pyridine rings is 1. The molecule has 1 heterocycles. The summed E-state index contributed by atoms with van der Waals surface area (Å²) in [7, 11) is 1.99. The van der Waals surface area contributed by atoms with E-state index in [1.807, 2.05) is 19.4 Å². The Hall–Kier alpha value is -2.19. The van der Waals surface area contributed by atoms with E-state index in [2.05, 4.69) is 64.9 Å². The van der Waals surface area contributed by atoms with Gasteiger partial charge in [0.25, 0.3) is 0 Å². The second-order valence-corrected chi connectivity index (χ2v) is 4.57. The van der Waals surface area contributed by atoms with Crippen LogP contribution in [0.15, 0.2) is 67.0 Å².